The molecule has 2 aromatic carbocycles. The van der Waals surface area contributed by atoms with Gasteiger partial charge in [0, 0.05) is 24.0 Å². The number of allylic oxidation sites excluding steroid dienone is 1. The fourth-order valence-corrected chi connectivity index (χ4v) is 5.98. The van der Waals surface area contributed by atoms with Crippen molar-refractivity contribution in [3.8, 4) is 5.75 Å². The number of anilines is 1. The number of nitrogens with zero attached hydrogens (tertiary/aromatic N) is 1. The van der Waals surface area contributed by atoms with E-state index < -0.39 is 0 Å². The van der Waals surface area contributed by atoms with Crippen LogP contribution in [-0.2, 0) is 23.2 Å². The second kappa shape index (κ2) is 18.6. The Morgan fingerprint density at radius 2 is 1.61 bits per heavy atom. The highest BCUT2D eigenvalue weighted by Crippen LogP contribution is 2.35. The first-order valence-corrected chi connectivity index (χ1v) is 16.4. The number of halogens is 1. The molecule has 0 saturated carbocycles. The molecule has 0 atom stereocenters. The van der Waals surface area contributed by atoms with Gasteiger partial charge in [0.15, 0.2) is 0 Å². The van der Waals surface area contributed by atoms with E-state index in [2.05, 4.69) is 75.3 Å². The zero-order valence-electron chi connectivity index (χ0n) is 26.1. The van der Waals surface area contributed by atoms with Crippen molar-refractivity contribution in [2.45, 2.75) is 117 Å². The van der Waals surface area contributed by atoms with Crippen molar-refractivity contribution in [3.63, 3.8) is 0 Å². The topological polar surface area (TPSA) is 41.6 Å². The van der Waals surface area contributed by atoms with Crippen LogP contribution in [0.1, 0.15) is 116 Å². The second-order valence-electron chi connectivity index (χ2n) is 12.3. The molecule has 1 heterocycles. The number of nitrogens with one attached hydrogen (secondary N) is 1. The van der Waals surface area contributed by atoms with Gasteiger partial charge in [-0.3, -0.25) is 4.79 Å². The summed E-state index contributed by atoms with van der Waals surface area (Å²) in [5.74, 6) is 1.86. The normalized spacial score (nSPS) is 13.1. The molecule has 1 amide bonds. The number of carbonyl (C=O) groups is 1. The number of hydrogen-bond donors (Lipinski definition) is 1. The maximum Gasteiger partial charge on any atom is 0.228 e. The molecule has 0 radical (unpaired) electrons. The van der Waals surface area contributed by atoms with Crippen LogP contribution in [0.5, 0.6) is 5.75 Å². The molecule has 6 heteroatoms. The number of thioether (sulfide) groups is 1. The Morgan fingerprint density at radius 1 is 0.951 bits per heavy atom. The third-order valence-electron chi connectivity index (χ3n) is 7.42. The number of para-hydroxylation sites is 1. The summed E-state index contributed by atoms with van der Waals surface area (Å²) in [6, 6.07) is 14.4. The Labute approximate surface area is 264 Å². The lowest BCUT2D eigenvalue weighted by Gasteiger charge is -2.25. The van der Waals surface area contributed by atoms with Crippen molar-refractivity contribution in [1.29, 1.82) is 0 Å². The van der Waals surface area contributed by atoms with Gasteiger partial charge < -0.3 is 15.0 Å². The van der Waals surface area contributed by atoms with Gasteiger partial charge in [-0.2, -0.15) is 0 Å². The van der Waals surface area contributed by atoms with Crippen LogP contribution in [0, 0.1) is 0 Å². The third kappa shape index (κ3) is 12.9. The molecule has 0 fully saturated rings. The minimum absolute atomic E-state index is 0. The Balaban J connectivity index is 0.00000588. The molecule has 1 N–H and O–H groups in total. The summed E-state index contributed by atoms with van der Waals surface area (Å²) < 4.78 is 6.43. The van der Waals surface area contributed by atoms with Gasteiger partial charge in [0.1, 0.15) is 5.75 Å². The molecule has 1 aliphatic rings. The van der Waals surface area contributed by atoms with E-state index in [1.807, 2.05) is 30.0 Å². The monoisotopic (exact) mass is 644 g/mol. The minimum atomic E-state index is -0.0609. The maximum absolute atomic E-state index is 13.2. The molecule has 0 aliphatic carbocycles. The van der Waals surface area contributed by atoms with Gasteiger partial charge in [-0.1, -0.05) is 116 Å². The largest absolute Gasteiger partial charge is 0.493 e. The summed E-state index contributed by atoms with van der Waals surface area (Å²) in [5, 5.41) is 3.13. The van der Waals surface area contributed by atoms with E-state index in [1.54, 1.807) is 0 Å². The lowest BCUT2D eigenvalue weighted by molar-refractivity contribution is -0.115. The van der Waals surface area contributed by atoms with Gasteiger partial charge in [0.05, 0.1) is 18.9 Å². The van der Waals surface area contributed by atoms with Crippen molar-refractivity contribution in [3.05, 3.63) is 70.3 Å². The fraction of sp³-hybridized carbons (Fsp3) is 0.571. The number of hydrogen-bond acceptors (Lipinski definition) is 4. The highest BCUT2D eigenvalue weighted by Gasteiger charge is 2.22. The Hall–Kier alpha value is -1.92. The summed E-state index contributed by atoms with van der Waals surface area (Å²) in [6.07, 6.45) is 15.5. The number of ether oxygens (including phenoxy) is 1. The van der Waals surface area contributed by atoms with Crippen LogP contribution in [-0.4, -0.2) is 23.3 Å². The van der Waals surface area contributed by atoms with Gasteiger partial charge in [-0.05, 0) is 46.9 Å². The van der Waals surface area contributed by atoms with Crippen molar-refractivity contribution in [2.24, 2.45) is 0 Å². The third-order valence-corrected chi connectivity index (χ3v) is 8.44. The smallest absolute Gasteiger partial charge is 0.228 e. The molecule has 4 nitrogen and oxygen atoms in total. The summed E-state index contributed by atoms with van der Waals surface area (Å²) in [5.41, 5.74) is 4.10. The van der Waals surface area contributed by atoms with Crippen LogP contribution >= 0.6 is 28.7 Å². The number of amides is 1. The highest BCUT2D eigenvalue weighted by atomic mass is 79.9. The van der Waals surface area contributed by atoms with Gasteiger partial charge in [-0.15, -0.1) is 28.7 Å². The van der Waals surface area contributed by atoms with Gasteiger partial charge in [-0.25, -0.2) is 0 Å². The predicted octanol–water partition coefficient (Wildman–Crippen LogP) is 10.4. The van der Waals surface area contributed by atoms with Crippen LogP contribution in [0.15, 0.2) is 53.6 Å². The first-order valence-electron chi connectivity index (χ1n) is 15.5. The zero-order chi connectivity index (χ0) is 28.8. The molecule has 2 aromatic rings. The molecule has 3 rings (SSSR count). The van der Waals surface area contributed by atoms with Gasteiger partial charge >= 0.3 is 0 Å². The average molecular weight is 646 g/mol. The highest BCUT2D eigenvalue weighted by molar-refractivity contribution is 8.93. The number of unbranched alkanes of at least 4 members (excludes halogenated alkanes) is 9. The standard InChI is InChI=1S/C35H52N2O2S.BrH/c1-6-7-8-9-10-11-12-13-14-15-22-39-34-30(19-17-21-32(34)35(3,4)5)24-33(38)36-31-20-16-18-29(23-31)26-37-25-28(2)40-27-37;/h16-21,23,25H,6-15,22,24,26-27H2,1-5H3,(H,36,38);1H. The molecule has 0 unspecified atom stereocenters. The Morgan fingerprint density at radius 3 is 2.24 bits per heavy atom. The maximum atomic E-state index is 13.2. The zero-order valence-corrected chi connectivity index (χ0v) is 28.6. The van der Waals surface area contributed by atoms with E-state index in [0.717, 1.165) is 35.8 Å². The van der Waals surface area contributed by atoms with Crippen molar-refractivity contribution < 1.29 is 9.53 Å². The summed E-state index contributed by atoms with van der Waals surface area (Å²) in [7, 11) is 0. The van der Waals surface area contributed by atoms with E-state index in [1.165, 1.54) is 73.8 Å². The Bertz CT molecular complexity index is 1100. The van der Waals surface area contributed by atoms with Crippen molar-refractivity contribution >= 4 is 40.3 Å². The van der Waals surface area contributed by atoms with Crippen LogP contribution in [0.3, 0.4) is 0 Å². The van der Waals surface area contributed by atoms with Gasteiger partial charge in [0.25, 0.3) is 0 Å². The second-order valence-corrected chi connectivity index (χ2v) is 13.5. The van der Waals surface area contributed by atoms with E-state index in [0.29, 0.717) is 13.0 Å². The fourth-order valence-electron chi connectivity index (χ4n) is 5.22. The van der Waals surface area contributed by atoms with Crippen molar-refractivity contribution in [2.75, 3.05) is 17.8 Å². The lowest BCUT2D eigenvalue weighted by atomic mass is 9.84. The van der Waals surface area contributed by atoms with E-state index in [9.17, 15) is 4.79 Å². The molecular formula is C35H53BrN2O2S. The average Bonchev–Trinajstić information content (AvgIpc) is 3.31. The van der Waals surface area contributed by atoms with Crippen molar-refractivity contribution in [1.82, 2.24) is 4.90 Å². The SMILES string of the molecule is Br.CCCCCCCCCCCCOc1c(CC(=O)Nc2cccc(CN3C=C(C)SC3)c2)cccc1C(C)(C)C. The van der Waals surface area contributed by atoms with Crippen LogP contribution < -0.4 is 10.1 Å². The first kappa shape index (κ1) is 35.3. The summed E-state index contributed by atoms with van der Waals surface area (Å²) >= 11 is 1.86. The molecule has 0 aromatic heterocycles. The number of carbonyl (C=O) groups excluding carboxylic acids is 1. The summed E-state index contributed by atoms with van der Waals surface area (Å²) in [6.45, 7) is 12.6. The first-order chi connectivity index (χ1) is 19.3. The quantitative estimate of drug-likeness (QED) is 0.174. The molecule has 228 valence electrons. The molecule has 0 bridgehead atoms. The van der Waals surface area contributed by atoms with Gasteiger partial charge in [0.2, 0.25) is 5.91 Å². The van der Waals surface area contributed by atoms with Crippen LogP contribution in [0.25, 0.3) is 0 Å². The molecular weight excluding hydrogens is 592 g/mol. The summed E-state index contributed by atoms with van der Waals surface area (Å²) in [4.78, 5) is 16.8. The van der Waals surface area contributed by atoms with E-state index in [4.69, 9.17) is 4.74 Å². The van der Waals surface area contributed by atoms with E-state index >= 15 is 0 Å². The lowest BCUT2D eigenvalue weighted by Crippen LogP contribution is -2.19. The number of rotatable bonds is 17. The van der Waals surface area contributed by atoms with E-state index in [-0.39, 0.29) is 28.3 Å². The minimum Gasteiger partial charge on any atom is -0.493 e. The molecule has 41 heavy (non-hydrogen) atoms. The van der Waals surface area contributed by atoms with Crippen LogP contribution in [0.4, 0.5) is 5.69 Å². The predicted molar refractivity (Wildman–Crippen MR) is 183 cm³/mol. The molecule has 1 aliphatic heterocycles. The van der Waals surface area contributed by atoms with Crippen LogP contribution in [0.2, 0.25) is 0 Å². The molecule has 0 spiro atoms. The Kier molecular flexibility index (Phi) is 16.0. The molecule has 0 saturated heterocycles. The number of benzene rings is 2.